The molecule has 0 heterocycles. The molecule has 0 saturated heterocycles. The number of benzene rings is 1. The Balaban J connectivity index is 2.05. The first-order valence-corrected chi connectivity index (χ1v) is 6.59. The average Bonchev–Trinajstić information content (AvgIpc) is 2.76. The molecular formula is C14H20ClN. The largest absolute Gasteiger partial charge is 0.324 e. The Labute approximate surface area is 103 Å². The lowest BCUT2D eigenvalue weighted by molar-refractivity contribution is 0.416. The molecule has 2 N–H and O–H groups in total. The summed E-state index contributed by atoms with van der Waals surface area (Å²) in [6.07, 6.45) is 5.19. The van der Waals surface area contributed by atoms with Crippen LogP contribution in [-0.4, -0.2) is 0 Å². The van der Waals surface area contributed by atoms with Gasteiger partial charge in [-0.25, -0.2) is 0 Å². The number of halogens is 1. The van der Waals surface area contributed by atoms with Crippen LogP contribution in [0, 0.1) is 11.8 Å². The predicted octanol–water partition coefficient (Wildman–Crippen LogP) is 4.17. The van der Waals surface area contributed by atoms with Crippen LogP contribution in [-0.2, 0) is 0 Å². The van der Waals surface area contributed by atoms with E-state index in [0.29, 0.717) is 5.92 Å². The SMILES string of the molecule is CCC1CCC(C(N)c2cccc(Cl)c2)C1. The minimum Gasteiger partial charge on any atom is -0.324 e. The number of hydrogen-bond acceptors (Lipinski definition) is 1. The molecule has 1 nitrogen and oxygen atoms in total. The zero-order valence-corrected chi connectivity index (χ0v) is 10.6. The second-order valence-corrected chi connectivity index (χ2v) is 5.36. The Morgan fingerprint density at radius 1 is 1.44 bits per heavy atom. The van der Waals surface area contributed by atoms with E-state index in [-0.39, 0.29) is 6.04 Å². The van der Waals surface area contributed by atoms with Crippen molar-refractivity contribution in [1.82, 2.24) is 0 Å². The van der Waals surface area contributed by atoms with Crippen molar-refractivity contribution in [1.29, 1.82) is 0 Å². The first-order valence-electron chi connectivity index (χ1n) is 6.21. The molecule has 0 radical (unpaired) electrons. The lowest BCUT2D eigenvalue weighted by Gasteiger charge is -2.20. The van der Waals surface area contributed by atoms with Gasteiger partial charge < -0.3 is 5.73 Å². The van der Waals surface area contributed by atoms with E-state index in [9.17, 15) is 0 Å². The molecular weight excluding hydrogens is 218 g/mol. The fourth-order valence-corrected chi connectivity index (χ4v) is 3.00. The molecule has 0 spiro atoms. The van der Waals surface area contributed by atoms with Crippen LogP contribution >= 0.6 is 11.6 Å². The Morgan fingerprint density at radius 2 is 2.25 bits per heavy atom. The smallest absolute Gasteiger partial charge is 0.0409 e. The fourth-order valence-electron chi connectivity index (χ4n) is 2.80. The van der Waals surface area contributed by atoms with Crippen LogP contribution in [0.3, 0.4) is 0 Å². The first-order chi connectivity index (χ1) is 7.70. The summed E-state index contributed by atoms with van der Waals surface area (Å²) in [5.41, 5.74) is 7.52. The van der Waals surface area contributed by atoms with E-state index in [1.54, 1.807) is 0 Å². The molecule has 1 aliphatic carbocycles. The van der Waals surface area contributed by atoms with E-state index in [4.69, 9.17) is 17.3 Å². The van der Waals surface area contributed by atoms with Crippen molar-refractivity contribution in [3.63, 3.8) is 0 Å². The quantitative estimate of drug-likeness (QED) is 0.839. The van der Waals surface area contributed by atoms with Crippen molar-refractivity contribution in [3.05, 3.63) is 34.9 Å². The average molecular weight is 238 g/mol. The van der Waals surface area contributed by atoms with Gasteiger partial charge in [-0.05, 0) is 42.4 Å². The number of nitrogens with two attached hydrogens (primary N) is 1. The third kappa shape index (κ3) is 2.58. The topological polar surface area (TPSA) is 26.0 Å². The third-order valence-electron chi connectivity index (χ3n) is 3.90. The zero-order valence-electron chi connectivity index (χ0n) is 9.83. The second kappa shape index (κ2) is 5.20. The third-order valence-corrected chi connectivity index (χ3v) is 4.14. The van der Waals surface area contributed by atoms with Crippen LogP contribution in [0.1, 0.15) is 44.2 Å². The lowest BCUT2D eigenvalue weighted by Crippen LogP contribution is -2.19. The molecule has 0 aromatic heterocycles. The van der Waals surface area contributed by atoms with E-state index >= 15 is 0 Å². The van der Waals surface area contributed by atoms with Gasteiger partial charge in [-0.1, -0.05) is 43.5 Å². The molecule has 0 amide bonds. The maximum atomic E-state index is 6.33. The molecule has 2 heteroatoms. The van der Waals surface area contributed by atoms with Gasteiger partial charge in [-0.3, -0.25) is 0 Å². The lowest BCUT2D eigenvalue weighted by atomic mass is 9.91. The van der Waals surface area contributed by atoms with Crippen LogP contribution in [0.4, 0.5) is 0 Å². The van der Waals surface area contributed by atoms with Gasteiger partial charge in [-0.2, -0.15) is 0 Å². The van der Waals surface area contributed by atoms with E-state index < -0.39 is 0 Å². The van der Waals surface area contributed by atoms with E-state index in [1.165, 1.54) is 31.2 Å². The highest BCUT2D eigenvalue weighted by atomic mass is 35.5. The van der Waals surface area contributed by atoms with Crippen LogP contribution in [0.15, 0.2) is 24.3 Å². The predicted molar refractivity (Wildman–Crippen MR) is 69.5 cm³/mol. The summed E-state index contributed by atoms with van der Waals surface area (Å²) in [5.74, 6) is 1.53. The highest BCUT2D eigenvalue weighted by Gasteiger charge is 2.28. The highest BCUT2D eigenvalue weighted by Crippen LogP contribution is 2.39. The Bertz CT molecular complexity index is 350. The van der Waals surface area contributed by atoms with E-state index in [0.717, 1.165) is 10.9 Å². The molecule has 1 aliphatic rings. The number of rotatable bonds is 3. The van der Waals surface area contributed by atoms with Gasteiger partial charge in [0.1, 0.15) is 0 Å². The zero-order chi connectivity index (χ0) is 11.5. The van der Waals surface area contributed by atoms with Gasteiger partial charge in [0.25, 0.3) is 0 Å². The summed E-state index contributed by atoms with van der Waals surface area (Å²) in [5, 5.41) is 0.790. The fraction of sp³-hybridized carbons (Fsp3) is 0.571. The first kappa shape index (κ1) is 11.9. The minimum atomic E-state index is 0.162. The van der Waals surface area contributed by atoms with Crippen molar-refractivity contribution >= 4 is 11.6 Å². The van der Waals surface area contributed by atoms with E-state index in [2.05, 4.69) is 13.0 Å². The minimum absolute atomic E-state index is 0.162. The molecule has 1 saturated carbocycles. The molecule has 0 aliphatic heterocycles. The Morgan fingerprint density at radius 3 is 2.88 bits per heavy atom. The second-order valence-electron chi connectivity index (χ2n) is 4.93. The molecule has 1 aromatic carbocycles. The van der Waals surface area contributed by atoms with Crippen LogP contribution < -0.4 is 5.73 Å². The van der Waals surface area contributed by atoms with Gasteiger partial charge in [0.2, 0.25) is 0 Å². The van der Waals surface area contributed by atoms with Crippen molar-refractivity contribution in [2.75, 3.05) is 0 Å². The van der Waals surface area contributed by atoms with Gasteiger partial charge >= 0.3 is 0 Å². The van der Waals surface area contributed by atoms with Gasteiger partial charge in [0.05, 0.1) is 0 Å². The Hall–Kier alpha value is -0.530. The van der Waals surface area contributed by atoms with Gasteiger partial charge in [0, 0.05) is 11.1 Å². The Kier molecular flexibility index (Phi) is 3.88. The maximum Gasteiger partial charge on any atom is 0.0409 e. The van der Waals surface area contributed by atoms with Crippen molar-refractivity contribution < 1.29 is 0 Å². The summed E-state index contributed by atoms with van der Waals surface area (Å²) < 4.78 is 0. The molecule has 0 bridgehead atoms. The normalized spacial score (nSPS) is 26.9. The van der Waals surface area contributed by atoms with Gasteiger partial charge in [-0.15, -0.1) is 0 Å². The standard InChI is InChI=1S/C14H20ClN/c1-2-10-6-7-12(8-10)14(16)11-4-3-5-13(15)9-11/h3-5,9-10,12,14H,2,6-8,16H2,1H3. The summed E-state index contributed by atoms with van der Waals surface area (Å²) in [6.45, 7) is 2.28. The molecule has 2 rings (SSSR count). The summed E-state index contributed by atoms with van der Waals surface area (Å²) >= 11 is 6.00. The summed E-state index contributed by atoms with van der Waals surface area (Å²) in [6, 6.07) is 8.15. The maximum absolute atomic E-state index is 6.33. The summed E-state index contributed by atoms with van der Waals surface area (Å²) in [7, 11) is 0. The van der Waals surface area contributed by atoms with Crippen LogP contribution in [0.5, 0.6) is 0 Å². The number of hydrogen-bond donors (Lipinski definition) is 1. The van der Waals surface area contributed by atoms with Crippen molar-refractivity contribution in [3.8, 4) is 0 Å². The molecule has 1 aromatic rings. The van der Waals surface area contributed by atoms with Crippen LogP contribution in [0.25, 0.3) is 0 Å². The molecule has 1 fully saturated rings. The molecule has 16 heavy (non-hydrogen) atoms. The van der Waals surface area contributed by atoms with Crippen molar-refractivity contribution in [2.45, 2.75) is 38.6 Å². The molecule has 3 unspecified atom stereocenters. The van der Waals surface area contributed by atoms with Crippen molar-refractivity contribution in [2.24, 2.45) is 17.6 Å². The molecule has 88 valence electrons. The van der Waals surface area contributed by atoms with Crippen LogP contribution in [0.2, 0.25) is 5.02 Å². The highest BCUT2D eigenvalue weighted by molar-refractivity contribution is 6.30. The van der Waals surface area contributed by atoms with E-state index in [1.807, 2.05) is 18.2 Å². The summed E-state index contributed by atoms with van der Waals surface area (Å²) in [4.78, 5) is 0. The van der Waals surface area contributed by atoms with Gasteiger partial charge in [0.15, 0.2) is 0 Å². The molecule has 3 atom stereocenters. The monoisotopic (exact) mass is 237 g/mol.